The quantitative estimate of drug-likeness (QED) is 0.137. The van der Waals surface area contributed by atoms with Crippen molar-refractivity contribution in [3.63, 3.8) is 0 Å². The first-order chi connectivity index (χ1) is 13.6. The highest BCUT2D eigenvalue weighted by Crippen LogP contribution is 2.42. The van der Waals surface area contributed by atoms with Gasteiger partial charge >= 0.3 is 0 Å². The molecule has 0 aliphatic heterocycles. The number of para-hydroxylation sites is 1. The number of hydrogen-bond acceptors (Lipinski definition) is 0. The zero-order valence-electron chi connectivity index (χ0n) is 16.0. The molecule has 0 saturated carbocycles. The monoisotopic (exact) mass is 360 g/mol. The van der Waals surface area contributed by atoms with Crippen molar-refractivity contribution in [2.24, 2.45) is 7.05 Å². The van der Waals surface area contributed by atoms with E-state index in [1.54, 1.807) is 0 Å². The fraction of sp³-hybridized carbons (Fsp3) is 0.120. The first-order valence-corrected chi connectivity index (χ1v) is 9.48. The topological polar surface area (TPSA) is 12.7 Å². The van der Waals surface area contributed by atoms with Gasteiger partial charge in [-0.15, -0.1) is 0 Å². The van der Waals surface area contributed by atoms with Crippen LogP contribution in [0.4, 0.5) is 5.69 Å². The minimum atomic E-state index is 0.681. The van der Waals surface area contributed by atoms with E-state index in [1.165, 1.54) is 49.2 Å². The summed E-state index contributed by atoms with van der Waals surface area (Å²) in [6.45, 7) is 12.0. The lowest BCUT2D eigenvalue weighted by molar-refractivity contribution is -0.643. The van der Waals surface area contributed by atoms with Crippen LogP contribution in [0.1, 0.15) is 11.1 Å². The largest absolute Gasteiger partial charge is 0.309 e. The molecular weight excluding hydrogens is 342 g/mol. The molecule has 6 rings (SSSR count). The Hall–Kier alpha value is -3.64. The molecule has 0 saturated heterocycles. The van der Waals surface area contributed by atoms with E-state index in [-0.39, 0.29) is 0 Å². The van der Waals surface area contributed by atoms with Crippen molar-refractivity contribution in [1.29, 1.82) is 0 Å². The van der Waals surface area contributed by atoms with E-state index in [0.29, 0.717) is 5.69 Å². The van der Waals surface area contributed by atoms with Crippen molar-refractivity contribution >= 4 is 54.7 Å². The fourth-order valence-corrected chi connectivity index (χ4v) is 4.90. The predicted octanol–water partition coefficient (Wildman–Crippen LogP) is 5.98. The molecule has 0 fully saturated rings. The second-order valence-corrected chi connectivity index (χ2v) is 7.76. The van der Waals surface area contributed by atoms with Gasteiger partial charge in [0, 0.05) is 16.8 Å². The first kappa shape index (κ1) is 15.4. The van der Waals surface area contributed by atoms with Gasteiger partial charge in [0.2, 0.25) is 5.52 Å². The van der Waals surface area contributed by atoms with E-state index in [0.717, 1.165) is 10.9 Å². The van der Waals surface area contributed by atoms with Gasteiger partial charge in [0.15, 0.2) is 11.9 Å². The average molecular weight is 360 g/mol. The number of fused-ring (bicyclic) bond motifs is 5. The smallest absolute Gasteiger partial charge is 0.224 e. The third-order valence-electron chi connectivity index (χ3n) is 6.28. The van der Waals surface area contributed by atoms with Crippen LogP contribution in [0, 0.1) is 20.4 Å². The van der Waals surface area contributed by atoms with E-state index < -0.39 is 0 Å². The van der Waals surface area contributed by atoms with Crippen LogP contribution in [0.2, 0.25) is 0 Å². The SMILES string of the molecule is [C-]#[N+]c1cc2cc[n+](C)c3c4c(C)c(C)cc5c6ccccc6n(c(c1)c23)c54. The van der Waals surface area contributed by atoms with Crippen molar-refractivity contribution in [2.75, 3.05) is 0 Å². The number of nitrogens with zero attached hydrogens (tertiary/aromatic N) is 3. The van der Waals surface area contributed by atoms with E-state index in [4.69, 9.17) is 6.57 Å². The lowest BCUT2D eigenvalue weighted by atomic mass is 9.96. The number of rotatable bonds is 0. The van der Waals surface area contributed by atoms with E-state index >= 15 is 0 Å². The Kier molecular flexibility index (Phi) is 2.75. The fourth-order valence-electron chi connectivity index (χ4n) is 4.90. The molecule has 3 heterocycles. The highest BCUT2D eigenvalue weighted by Gasteiger charge is 2.24. The van der Waals surface area contributed by atoms with Gasteiger partial charge in [-0.2, -0.15) is 0 Å². The Bertz CT molecular complexity index is 1640. The summed E-state index contributed by atoms with van der Waals surface area (Å²) in [7, 11) is 2.12. The maximum Gasteiger partial charge on any atom is 0.224 e. The molecule has 3 aromatic heterocycles. The van der Waals surface area contributed by atoms with Crippen LogP contribution in [0.5, 0.6) is 0 Å². The lowest BCUT2D eigenvalue weighted by Gasteiger charge is -2.14. The van der Waals surface area contributed by atoms with Crippen LogP contribution in [0.15, 0.2) is 54.7 Å². The molecule has 0 radical (unpaired) electrons. The van der Waals surface area contributed by atoms with Gasteiger partial charge in [0.25, 0.3) is 0 Å². The number of aryl methyl sites for hydroxylation is 3. The molecule has 0 amide bonds. The molecule has 0 aliphatic carbocycles. The van der Waals surface area contributed by atoms with Gasteiger partial charge in [0.1, 0.15) is 7.05 Å². The summed E-state index contributed by atoms with van der Waals surface area (Å²) in [5.74, 6) is 0. The number of pyridine rings is 2. The second-order valence-electron chi connectivity index (χ2n) is 7.76. The standard InChI is InChI=1S/C25H18N3/c1-14-11-19-18-7-5-6-8-20(18)28-21-13-17(26-3)12-16-9-10-27(4)25(23(16)21)22(15(14)2)24(19)28/h5-13H,1-2,4H3/q+1. The summed E-state index contributed by atoms with van der Waals surface area (Å²) in [5.41, 5.74) is 8.11. The zero-order chi connectivity index (χ0) is 19.2. The molecule has 0 spiro atoms. The summed E-state index contributed by atoms with van der Waals surface area (Å²) in [6.07, 6.45) is 2.11. The number of benzene rings is 3. The molecule has 0 bridgehead atoms. The van der Waals surface area contributed by atoms with Crippen LogP contribution >= 0.6 is 0 Å². The maximum absolute atomic E-state index is 7.59. The van der Waals surface area contributed by atoms with Gasteiger partial charge in [0.05, 0.1) is 33.9 Å². The summed E-state index contributed by atoms with van der Waals surface area (Å²) >= 11 is 0. The Morgan fingerprint density at radius 1 is 0.929 bits per heavy atom. The van der Waals surface area contributed by atoms with Crippen molar-refractivity contribution in [2.45, 2.75) is 13.8 Å². The number of aromatic nitrogens is 2. The van der Waals surface area contributed by atoms with Crippen molar-refractivity contribution < 1.29 is 4.57 Å². The van der Waals surface area contributed by atoms with Crippen LogP contribution in [0.25, 0.3) is 53.8 Å². The average Bonchev–Trinajstić information content (AvgIpc) is 3.04. The van der Waals surface area contributed by atoms with Gasteiger partial charge in [-0.25, -0.2) is 9.41 Å². The highest BCUT2D eigenvalue weighted by atomic mass is 15.0. The molecule has 0 unspecified atom stereocenters. The predicted molar refractivity (Wildman–Crippen MR) is 116 cm³/mol. The van der Waals surface area contributed by atoms with Crippen LogP contribution in [0.3, 0.4) is 0 Å². The van der Waals surface area contributed by atoms with Gasteiger partial charge < -0.3 is 4.40 Å². The molecule has 0 N–H and O–H groups in total. The molecule has 28 heavy (non-hydrogen) atoms. The molecule has 3 heteroatoms. The third-order valence-corrected chi connectivity index (χ3v) is 6.28. The molecule has 6 aromatic rings. The first-order valence-electron chi connectivity index (χ1n) is 9.48. The molecule has 0 aliphatic rings. The Morgan fingerprint density at radius 3 is 2.57 bits per heavy atom. The van der Waals surface area contributed by atoms with Crippen molar-refractivity contribution in [1.82, 2.24) is 4.40 Å². The van der Waals surface area contributed by atoms with Crippen LogP contribution in [-0.4, -0.2) is 4.40 Å². The molecule has 132 valence electrons. The van der Waals surface area contributed by atoms with Crippen molar-refractivity contribution in [3.8, 4) is 0 Å². The second kappa shape index (κ2) is 4.99. The molecular formula is C25H18N3+. The zero-order valence-corrected chi connectivity index (χ0v) is 16.0. The van der Waals surface area contributed by atoms with Crippen LogP contribution < -0.4 is 4.57 Å². The van der Waals surface area contributed by atoms with Gasteiger partial charge in [-0.3, -0.25) is 0 Å². The van der Waals surface area contributed by atoms with E-state index in [2.05, 4.69) is 77.3 Å². The van der Waals surface area contributed by atoms with E-state index in [9.17, 15) is 0 Å². The Labute approximate surface area is 162 Å². The third kappa shape index (κ3) is 1.66. The summed E-state index contributed by atoms with van der Waals surface area (Å²) in [5, 5.41) is 6.20. The van der Waals surface area contributed by atoms with E-state index in [1.807, 2.05) is 12.1 Å². The Morgan fingerprint density at radius 2 is 1.75 bits per heavy atom. The molecule has 3 nitrogen and oxygen atoms in total. The molecule has 0 atom stereocenters. The normalized spacial score (nSPS) is 12.1. The summed E-state index contributed by atoms with van der Waals surface area (Å²) in [6, 6.07) is 17.1. The summed E-state index contributed by atoms with van der Waals surface area (Å²) in [4.78, 5) is 3.75. The Balaban J connectivity index is 2.16. The maximum atomic E-state index is 7.59. The molecule has 3 aromatic carbocycles. The lowest BCUT2D eigenvalue weighted by Crippen LogP contribution is -2.29. The summed E-state index contributed by atoms with van der Waals surface area (Å²) < 4.78 is 4.60. The highest BCUT2D eigenvalue weighted by molar-refractivity contribution is 6.26. The van der Waals surface area contributed by atoms with Gasteiger partial charge in [-0.05, 0) is 54.6 Å². The van der Waals surface area contributed by atoms with Crippen molar-refractivity contribution in [3.05, 3.63) is 77.3 Å². The minimum absolute atomic E-state index is 0.681. The number of hydrogen-bond donors (Lipinski definition) is 0. The minimum Gasteiger partial charge on any atom is -0.309 e. The van der Waals surface area contributed by atoms with Gasteiger partial charge in [-0.1, -0.05) is 18.2 Å². The van der Waals surface area contributed by atoms with Crippen LogP contribution in [-0.2, 0) is 7.05 Å².